The molecule has 1 aromatic carbocycles. The highest BCUT2D eigenvalue weighted by Crippen LogP contribution is 2.40. The zero-order chi connectivity index (χ0) is 39.6. The molecule has 3 N–H and O–H groups in total. The standard InChI is InChI=1S/C40H36N6O10/c1-3-40(53)29-19-31-34-27(21-45(31)36(49)28(29)22-54-38(40)51)26(24-11-9-10-13-30(24)44-34)20-43-55-18-17-41-33(48)15-16-42-39(52)46-35-25(37(46)50)12-7-5-4-6-8-14-32(35)56-23(2)47/h4,6,9-11,13,19-20,25,32,35,53H,3,12,15-18,21-22H2,1-2H3,(H,41,48)(H,42,52)/b6-4-,43-20+/t25-,32-,35+,40+/m1/s1. The van der Waals surface area contributed by atoms with Gasteiger partial charge in [-0.3, -0.25) is 24.1 Å². The van der Waals surface area contributed by atoms with Crippen molar-refractivity contribution in [2.24, 2.45) is 11.1 Å². The van der Waals surface area contributed by atoms with Crippen molar-refractivity contribution in [2.75, 3.05) is 19.7 Å². The molecule has 0 bridgehead atoms. The van der Waals surface area contributed by atoms with Crippen LogP contribution in [0.3, 0.4) is 0 Å². The first kappa shape index (κ1) is 37.5. The maximum atomic E-state index is 13.6. The van der Waals surface area contributed by atoms with Crippen molar-refractivity contribution in [1.29, 1.82) is 0 Å². The number of urea groups is 1. The summed E-state index contributed by atoms with van der Waals surface area (Å²) < 4.78 is 12.0. The number of carbonyl (C=O) groups excluding carboxylic acids is 5. The SMILES string of the molecule is CC[C@@]1(O)C(=O)OCc2c1cc1n(c2=O)Cc2c-1nc1ccccc1c2/C=N/OCCNC(=O)CCNC(=O)N1C(=O)[C@@H]2CC#C/C=C\C#C[C@@H](OC(C)=O)[C@H]21. The number of oxime groups is 1. The first-order valence-electron chi connectivity index (χ1n) is 18.0. The fraction of sp³-hybridized carbons (Fsp3) is 0.350. The lowest BCUT2D eigenvalue weighted by molar-refractivity contribution is -0.172. The van der Waals surface area contributed by atoms with Gasteiger partial charge >= 0.3 is 18.0 Å². The quantitative estimate of drug-likeness (QED) is 0.0526. The number of aliphatic hydroxyl groups is 1. The summed E-state index contributed by atoms with van der Waals surface area (Å²) in [5, 5.41) is 21.3. The van der Waals surface area contributed by atoms with Crippen LogP contribution >= 0.6 is 0 Å². The second kappa shape index (κ2) is 15.5. The molecule has 1 aliphatic carbocycles. The predicted octanol–water partition coefficient (Wildman–Crippen LogP) is 1.37. The highest BCUT2D eigenvalue weighted by Gasteiger charge is 2.54. The smallest absolute Gasteiger partial charge is 0.343 e. The number of aromatic nitrogens is 2. The molecule has 0 unspecified atom stereocenters. The summed E-state index contributed by atoms with van der Waals surface area (Å²) in [6, 6.07) is 7.45. The van der Waals surface area contributed by atoms with Crippen LogP contribution in [0, 0.1) is 29.6 Å². The van der Waals surface area contributed by atoms with E-state index in [4.69, 9.17) is 19.3 Å². The molecule has 286 valence electrons. The van der Waals surface area contributed by atoms with Gasteiger partial charge in [-0.1, -0.05) is 54.0 Å². The second-order valence-corrected chi connectivity index (χ2v) is 13.4. The predicted molar refractivity (Wildman–Crippen MR) is 198 cm³/mol. The van der Waals surface area contributed by atoms with E-state index in [9.17, 15) is 33.9 Å². The lowest BCUT2D eigenvalue weighted by Crippen LogP contribution is -2.69. The number of β-lactam (4-membered cyclic amide) rings is 1. The van der Waals surface area contributed by atoms with E-state index in [1.54, 1.807) is 17.6 Å². The molecule has 2 aromatic heterocycles. The Morgan fingerprint density at radius 1 is 1.12 bits per heavy atom. The molecule has 16 heteroatoms. The Balaban J connectivity index is 0.950. The van der Waals surface area contributed by atoms with Crippen LogP contribution in [-0.2, 0) is 52.2 Å². The number of amides is 4. The number of rotatable bonds is 10. The number of benzene rings is 1. The average Bonchev–Trinajstić information content (AvgIpc) is 3.55. The van der Waals surface area contributed by atoms with Gasteiger partial charge < -0.3 is 34.6 Å². The van der Waals surface area contributed by atoms with Gasteiger partial charge in [0.25, 0.3) is 5.56 Å². The zero-order valence-electron chi connectivity index (χ0n) is 30.4. The number of para-hydroxylation sites is 1. The van der Waals surface area contributed by atoms with E-state index in [1.165, 1.54) is 25.3 Å². The molecule has 16 nitrogen and oxygen atoms in total. The van der Waals surface area contributed by atoms with Crippen molar-refractivity contribution in [3.05, 3.63) is 75.1 Å². The van der Waals surface area contributed by atoms with E-state index in [-0.39, 0.29) is 74.7 Å². The van der Waals surface area contributed by atoms with Crippen LogP contribution in [0.2, 0.25) is 0 Å². The largest absolute Gasteiger partial charge is 0.458 e. The van der Waals surface area contributed by atoms with Gasteiger partial charge in [0.2, 0.25) is 11.8 Å². The average molecular weight is 761 g/mol. The summed E-state index contributed by atoms with van der Waals surface area (Å²) in [5.41, 5.74) is 1.09. The molecule has 3 aliphatic heterocycles. The third-order valence-corrected chi connectivity index (χ3v) is 10.0. The highest BCUT2D eigenvalue weighted by molar-refractivity contribution is 6.03. The van der Waals surface area contributed by atoms with E-state index < -0.39 is 47.5 Å². The minimum absolute atomic E-state index is 0.0117. The first-order valence-corrected chi connectivity index (χ1v) is 18.0. The number of pyridine rings is 2. The fourth-order valence-electron chi connectivity index (χ4n) is 7.21. The van der Waals surface area contributed by atoms with Crippen molar-refractivity contribution < 1.29 is 43.4 Å². The number of hydrogen-bond acceptors (Lipinski definition) is 12. The Labute approximate surface area is 319 Å². The number of imide groups is 1. The number of cyclic esters (lactones) is 1. The molecule has 1 saturated heterocycles. The van der Waals surface area contributed by atoms with Gasteiger partial charge in [0.1, 0.15) is 19.3 Å². The molecule has 0 saturated carbocycles. The van der Waals surface area contributed by atoms with E-state index in [2.05, 4.69) is 39.5 Å². The maximum absolute atomic E-state index is 13.6. The number of nitrogens with one attached hydrogen (secondary N) is 2. The molecule has 5 heterocycles. The molecule has 4 atom stereocenters. The summed E-state index contributed by atoms with van der Waals surface area (Å²) in [6.45, 7) is 2.82. The number of hydrogen-bond donors (Lipinski definition) is 3. The Bertz CT molecular complexity index is 2430. The van der Waals surface area contributed by atoms with Crippen molar-refractivity contribution in [3.8, 4) is 35.1 Å². The molecular weight excluding hydrogens is 724 g/mol. The van der Waals surface area contributed by atoms with Gasteiger partial charge in [0.05, 0.1) is 47.7 Å². The van der Waals surface area contributed by atoms with Crippen LogP contribution < -0.4 is 16.2 Å². The Hall–Kier alpha value is -6.78. The number of fused-ring (bicyclic) bond motifs is 6. The normalized spacial score (nSPS) is 22.1. The minimum atomic E-state index is -1.95. The Morgan fingerprint density at radius 2 is 1.93 bits per heavy atom. The van der Waals surface area contributed by atoms with Crippen LogP contribution in [0.4, 0.5) is 4.79 Å². The van der Waals surface area contributed by atoms with Crippen molar-refractivity contribution >= 4 is 46.9 Å². The summed E-state index contributed by atoms with van der Waals surface area (Å²) >= 11 is 0. The molecule has 4 amide bonds. The fourth-order valence-corrected chi connectivity index (χ4v) is 7.21. The van der Waals surface area contributed by atoms with Crippen molar-refractivity contribution in [1.82, 2.24) is 25.1 Å². The van der Waals surface area contributed by atoms with Gasteiger partial charge in [0, 0.05) is 48.4 Å². The second-order valence-electron chi connectivity index (χ2n) is 13.4. The molecule has 4 aliphatic rings. The van der Waals surface area contributed by atoms with Crippen LogP contribution in [0.5, 0.6) is 0 Å². The summed E-state index contributed by atoms with van der Waals surface area (Å²) in [7, 11) is 0. The van der Waals surface area contributed by atoms with Crippen LogP contribution in [0.25, 0.3) is 22.3 Å². The lowest BCUT2D eigenvalue weighted by Gasteiger charge is -2.46. The zero-order valence-corrected chi connectivity index (χ0v) is 30.4. The van der Waals surface area contributed by atoms with Crippen LogP contribution in [0.1, 0.15) is 55.4 Å². The molecule has 1 fully saturated rings. The monoisotopic (exact) mass is 760 g/mol. The number of ether oxygens (including phenoxy) is 2. The molecular formula is C40H36N6O10. The third-order valence-electron chi connectivity index (χ3n) is 10.0. The number of allylic oxidation sites excluding steroid dienone is 2. The lowest BCUT2D eigenvalue weighted by atomic mass is 9.81. The van der Waals surface area contributed by atoms with Gasteiger partial charge in [-0.05, 0) is 30.7 Å². The molecule has 7 rings (SSSR count). The summed E-state index contributed by atoms with van der Waals surface area (Å²) in [4.78, 5) is 87.6. The van der Waals surface area contributed by atoms with Gasteiger partial charge in [-0.15, -0.1) is 0 Å². The maximum Gasteiger partial charge on any atom is 0.343 e. The van der Waals surface area contributed by atoms with Gasteiger partial charge in [0.15, 0.2) is 11.7 Å². The molecule has 0 radical (unpaired) electrons. The highest BCUT2D eigenvalue weighted by atomic mass is 16.6. The van der Waals surface area contributed by atoms with E-state index in [0.29, 0.717) is 28.0 Å². The van der Waals surface area contributed by atoms with Crippen LogP contribution in [-0.4, -0.2) is 87.4 Å². The van der Waals surface area contributed by atoms with Crippen molar-refractivity contribution in [3.63, 3.8) is 0 Å². The van der Waals surface area contributed by atoms with E-state index >= 15 is 0 Å². The third kappa shape index (κ3) is 6.86. The molecule has 0 spiro atoms. The van der Waals surface area contributed by atoms with Crippen molar-refractivity contribution in [2.45, 2.75) is 64.0 Å². The number of esters is 2. The van der Waals surface area contributed by atoms with Crippen LogP contribution in [0.15, 0.2) is 52.4 Å². The number of nitrogens with zero attached hydrogens (tertiary/aromatic N) is 4. The van der Waals surface area contributed by atoms with Gasteiger partial charge in [-0.2, -0.15) is 0 Å². The number of carbonyl (C=O) groups is 5. The summed E-state index contributed by atoms with van der Waals surface area (Å²) in [6.07, 6.45) is 3.60. The topological polar surface area (TPSA) is 208 Å². The van der Waals surface area contributed by atoms with E-state index in [1.807, 2.05) is 24.3 Å². The Morgan fingerprint density at radius 3 is 2.73 bits per heavy atom. The first-order chi connectivity index (χ1) is 27.0. The summed E-state index contributed by atoms with van der Waals surface area (Å²) in [5.74, 6) is 8.16. The minimum Gasteiger partial charge on any atom is -0.458 e. The molecule has 3 aromatic rings. The Kier molecular flexibility index (Phi) is 10.4. The van der Waals surface area contributed by atoms with E-state index in [0.717, 1.165) is 10.3 Å². The van der Waals surface area contributed by atoms with Gasteiger partial charge in [-0.25, -0.2) is 14.6 Å². The number of likely N-dealkylation sites (tertiary alicyclic amines) is 1. The molecule has 56 heavy (non-hydrogen) atoms.